The third-order valence-corrected chi connectivity index (χ3v) is 7.60. The number of rotatable bonds is 7. The van der Waals surface area contributed by atoms with E-state index in [0.29, 0.717) is 41.7 Å². The van der Waals surface area contributed by atoms with Gasteiger partial charge in [-0.05, 0) is 85.1 Å². The molecule has 0 aromatic heterocycles. The molecule has 0 radical (unpaired) electrons. The minimum Gasteiger partial charge on any atom is -0.493 e. The monoisotopic (exact) mass is 509 g/mol. The van der Waals surface area contributed by atoms with Gasteiger partial charge in [-0.2, -0.15) is 0 Å². The summed E-state index contributed by atoms with van der Waals surface area (Å²) in [5.74, 6) is 1.28. The van der Waals surface area contributed by atoms with Crippen LogP contribution < -0.4 is 23.3 Å². The topological polar surface area (TPSA) is 91.4 Å². The average molecular weight is 510 g/mol. The Kier molecular flexibility index (Phi) is 7.21. The second-order valence-corrected chi connectivity index (χ2v) is 10.2. The fourth-order valence-electron chi connectivity index (χ4n) is 3.60. The quantitative estimate of drug-likeness (QED) is 0.263. The maximum absolute atomic E-state index is 13.0. The van der Waals surface area contributed by atoms with Crippen LogP contribution in [-0.4, -0.2) is 41.8 Å². The smallest absolute Gasteiger partial charge is 0.336 e. The van der Waals surface area contributed by atoms with Gasteiger partial charge in [0, 0.05) is 13.1 Å². The largest absolute Gasteiger partial charge is 0.493 e. The number of nitrogens with zero attached hydrogens (tertiary/aromatic N) is 1. The van der Waals surface area contributed by atoms with Gasteiger partial charge in [0.1, 0.15) is 19.0 Å². The lowest BCUT2D eigenvalue weighted by Gasteiger charge is -2.21. The summed E-state index contributed by atoms with van der Waals surface area (Å²) in [4.78, 5) is 12.6. The number of anilines is 1. The van der Waals surface area contributed by atoms with E-state index in [0.717, 1.165) is 11.1 Å². The highest BCUT2D eigenvalue weighted by atomic mass is 32.2. The molecule has 0 spiro atoms. The molecule has 9 heteroatoms. The number of fused-ring (bicyclic) bond motifs is 1. The van der Waals surface area contributed by atoms with Gasteiger partial charge in [-0.3, -0.25) is 4.31 Å². The normalized spacial score (nSPS) is 12.9. The van der Waals surface area contributed by atoms with E-state index in [1.807, 2.05) is 13.8 Å². The van der Waals surface area contributed by atoms with Crippen LogP contribution in [0.15, 0.2) is 65.6 Å². The lowest BCUT2D eigenvalue weighted by molar-refractivity contribution is -0.128. The average Bonchev–Trinajstić information content (AvgIpc) is 2.88. The molecule has 3 aromatic rings. The Hall–Kier alpha value is -3.98. The van der Waals surface area contributed by atoms with Crippen molar-refractivity contribution in [2.45, 2.75) is 18.7 Å². The number of sulfonamides is 1. The minimum absolute atomic E-state index is 0.213. The van der Waals surface area contributed by atoms with Crippen molar-refractivity contribution < 1.29 is 32.2 Å². The van der Waals surface area contributed by atoms with E-state index >= 15 is 0 Å². The van der Waals surface area contributed by atoms with Gasteiger partial charge in [0.2, 0.25) is 5.75 Å². The van der Waals surface area contributed by atoms with Gasteiger partial charge in [0.05, 0.1) is 17.7 Å². The molecule has 0 saturated carbocycles. The number of methoxy groups -OCH3 is 1. The molecule has 0 amide bonds. The third-order valence-electron chi connectivity index (χ3n) is 5.82. The van der Waals surface area contributed by atoms with Crippen LogP contribution in [0, 0.1) is 13.8 Å². The molecule has 36 heavy (non-hydrogen) atoms. The third kappa shape index (κ3) is 5.31. The zero-order valence-electron chi connectivity index (χ0n) is 20.5. The summed E-state index contributed by atoms with van der Waals surface area (Å²) in [6, 6.07) is 14.8. The fourth-order valence-corrected chi connectivity index (χ4v) is 4.88. The maximum atomic E-state index is 13.0. The van der Waals surface area contributed by atoms with E-state index in [2.05, 4.69) is 0 Å². The summed E-state index contributed by atoms with van der Waals surface area (Å²) >= 11 is 0. The summed E-state index contributed by atoms with van der Waals surface area (Å²) in [6.45, 7) is 4.67. The number of benzene rings is 3. The Bertz CT molecular complexity index is 1400. The van der Waals surface area contributed by atoms with Crippen molar-refractivity contribution in [1.82, 2.24) is 0 Å². The Morgan fingerprint density at radius 2 is 1.69 bits per heavy atom. The van der Waals surface area contributed by atoms with E-state index in [1.165, 1.54) is 24.5 Å². The number of aryl methyl sites for hydroxylation is 2. The molecule has 1 aliphatic heterocycles. The molecule has 0 fully saturated rings. The first-order chi connectivity index (χ1) is 17.2. The van der Waals surface area contributed by atoms with Crippen LogP contribution in [0.25, 0.3) is 6.08 Å². The molecule has 0 atom stereocenters. The van der Waals surface area contributed by atoms with Crippen LogP contribution in [0.4, 0.5) is 5.69 Å². The lowest BCUT2D eigenvalue weighted by atomic mass is 10.1. The summed E-state index contributed by atoms with van der Waals surface area (Å²) < 4.78 is 49.1. The van der Waals surface area contributed by atoms with Crippen LogP contribution in [0.3, 0.4) is 0 Å². The number of hydrogen-bond acceptors (Lipinski definition) is 7. The van der Waals surface area contributed by atoms with Crippen LogP contribution in [0.5, 0.6) is 23.0 Å². The molecule has 4 rings (SSSR count). The molecule has 188 valence electrons. The molecular formula is C27H27NO7S. The zero-order chi connectivity index (χ0) is 25.9. The van der Waals surface area contributed by atoms with Crippen molar-refractivity contribution in [3.05, 3.63) is 77.4 Å². The molecule has 8 nitrogen and oxygen atoms in total. The summed E-state index contributed by atoms with van der Waals surface area (Å²) in [5, 5.41) is 0. The highest BCUT2D eigenvalue weighted by Crippen LogP contribution is 2.40. The molecule has 0 bridgehead atoms. The van der Waals surface area contributed by atoms with E-state index in [1.54, 1.807) is 60.7 Å². The van der Waals surface area contributed by atoms with Crippen molar-refractivity contribution in [3.63, 3.8) is 0 Å². The van der Waals surface area contributed by atoms with E-state index in [-0.39, 0.29) is 10.6 Å². The molecule has 0 aliphatic carbocycles. The highest BCUT2D eigenvalue weighted by Gasteiger charge is 2.22. The van der Waals surface area contributed by atoms with E-state index in [9.17, 15) is 13.2 Å². The van der Waals surface area contributed by atoms with E-state index in [4.69, 9.17) is 18.9 Å². The van der Waals surface area contributed by atoms with Gasteiger partial charge in [0.15, 0.2) is 11.5 Å². The van der Waals surface area contributed by atoms with Crippen molar-refractivity contribution in [2.75, 3.05) is 31.7 Å². The molecular weight excluding hydrogens is 482 g/mol. The van der Waals surface area contributed by atoms with Gasteiger partial charge in [-0.25, -0.2) is 13.2 Å². The first-order valence-corrected chi connectivity index (χ1v) is 12.7. The van der Waals surface area contributed by atoms with Crippen LogP contribution in [0.2, 0.25) is 0 Å². The zero-order valence-corrected chi connectivity index (χ0v) is 21.3. The molecule has 0 unspecified atom stereocenters. The lowest BCUT2D eigenvalue weighted by Crippen LogP contribution is -2.26. The summed E-state index contributed by atoms with van der Waals surface area (Å²) in [6.07, 6.45) is 2.87. The predicted molar refractivity (Wildman–Crippen MR) is 137 cm³/mol. The number of hydrogen-bond donors (Lipinski definition) is 0. The number of ether oxygens (including phenoxy) is 4. The molecule has 1 aliphatic rings. The number of carbonyl (C=O) groups is 1. The Morgan fingerprint density at radius 3 is 2.39 bits per heavy atom. The predicted octanol–water partition coefficient (Wildman–Crippen LogP) is 4.53. The first-order valence-electron chi connectivity index (χ1n) is 11.2. The van der Waals surface area contributed by atoms with Gasteiger partial charge in [0.25, 0.3) is 10.0 Å². The summed E-state index contributed by atoms with van der Waals surface area (Å²) in [5.41, 5.74) is 3.04. The second kappa shape index (κ2) is 10.3. The van der Waals surface area contributed by atoms with Crippen LogP contribution in [-0.2, 0) is 14.8 Å². The minimum atomic E-state index is -3.73. The maximum Gasteiger partial charge on any atom is 0.336 e. The first kappa shape index (κ1) is 25.1. The molecule has 3 aromatic carbocycles. The van der Waals surface area contributed by atoms with Crippen LogP contribution in [0.1, 0.15) is 16.7 Å². The van der Waals surface area contributed by atoms with Crippen LogP contribution >= 0.6 is 0 Å². The van der Waals surface area contributed by atoms with Gasteiger partial charge in [-0.1, -0.05) is 6.07 Å². The second-order valence-electron chi connectivity index (χ2n) is 8.21. The molecule has 1 heterocycles. The Labute approximate surface area is 210 Å². The number of esters is 1. The standard InChI is InChI=1S/C27H27NO7S/c1-18-5-11-23(15-19(18)2)36(30,31)28(3)21-7-9-22(10-8-21)35-26(29)12-6-20-16-24(32-4)27-25(17-20)33-13-14-34-27/h5-12,15-17H,13-14H2,1-4H3/b12-6+. The van der Waals surface area contributed by atoms with Crippen molar-refractivity contribution in [3.8, 4) is 23.0 Å². The SMILES string of the molecule is COc1cc(/C=C/C(=O)Oc2ccc(N(C)S(=O)(=O)c3ccc(C)c(C)c3)cc2)cc2c1OCCO2. The van der Waals surface area contributed by atoms with Gasteiger partial charge in [-0.15, -0.1) is 0 Å². The van der Waals surface area contributed by atoms with Crippen molar-refractivity contribution in [1.29, 1.82) is 0 Å². The Morgan fingerprint density at radius 1 is 0.972 bits per heavy atom. The molecule has 0 N–H and O–H groups in total. The Balaban J connectivity index is 1.44. The highest BCUT2D eigenvalue weighted by molar-refractivity contribution is 7.92. The number of carbonyl (C=O) groups excluding carboxylic acids is 1. The molecule has 0 saturated heterocycles. The van der Waals surface area contributed by atoms with E-state index < -0.39 is 16.0 Å². The summed E-state index contributed by atoms with van der Waals surface area (Å²) in [7, 11) is -0.721. The van der Waals surface area contributed by atoms with Gasteiger partial charge < -0.3 is 18.9 Å². The van der Waals surface area contributed by atoms with Crippen molar-refractivity contribution in [2.24, 2.45) is 0 Å². The fraction of sp³-hybridized carbons (Fsp3) is 0.222. The van der Waals surface area contributed by atoms with Crippen molar-refractivity contribution >= 4 is 27.8 Å². The van der Waals surface area contributed by atoms with Gasteiger partial charge >= 0.3 is 5.97 Å².